The van der Waals surface area contributed by atoms with Gasteiger partial charge >= 0.3 is 5.69 Å². The molecule has 0 saturated carbocycles. The summed E-state index contributed by atoms with van der Waals surface area (Å²) in [6.07, 6.45) is 1.95. The van der Waals surface area contributed by atoms with Gasteiger partial charge in [-0.25, -0.2) is 9.36 Å². The van der Waals surface area contributed by atoms with E-state index in [0.717, 1.165) is 17.4 Å². The number of carbonyl (C=O) groups is 1. The van der Waals surface area contributed by atoms with Gasteiger partial charge in [0.2, 0.25) is 5.91 Å². The zero-order valence-corrected chi connectivity index (χ0v) is 15.6. The Morgan fingerprint density at radius 2 is 1.79 bits per heavy atom. The maximum Gasteiger partial charge on any atom is 0.336 e. The minimum absolute atomic E-state index is 0.0937. The fraction of sp³-hybridized carbons (Fsp3) is 0.286. The average Bonchev–Trinajstić information content (AvgIpc) is 3.26. The third-order valence-electron chi connectivity index (χ3n) is 5.11. The summed E-state index contributed by atoms with van der Waals surface area (Å²) in [5, 5.41) is 0.388. The second-order valence-corrected chi connectivity index (χ2v) is 6.82. The summed E-state index contributed by atoms with van der Waals surface area (Å²) in [5.41, 5.74) is -0.0881. The van der Waals surface area contributed by atoms with Gasteiger partial charge in [0.1, 0.15) is 12.3 Å². The van der Waals surface area contributed by atoms with E-state index in [4.69, 9.17) is 4.74 Å². The van der Waals surface area contributed by atoms with Crippen molar-refractivity contribution in [3.63, 3.8) is 0 Å². The number of ether oxygens (including phenoxy) is 1. The molecule has 4 rings (SSSR count). The number of carbonyl (C=O) groups excluding carboxylic acids is 1. The van der Waals surface area contributed by atoms with Crippen LogP contribution in [0, 0.1) is 0 Å². The lowest BCUT2D eigenvalue weighted by Crippen LogP contribution is -2.42. The van der Waals surface area contributed by atoms with Gasteiger partial charge in [0.25, 0.3) is 5.56 Å². The van der Waals surface area contributed by atoms with Gasteiger partial charge in [-0.2, -0.15) is 0 Å². The van der Waals surface area contributed by atoms with Crippen LogP contribution in [0.4, 0.5) is 0 Å². The van der Waals surface area contributed by atoms with Gasteiger partial charge in [0.05, 0.1) is 23.7 Å². The van der Waals surface area contributed by atoms with Crippen LogP contribution in [-0.4, -0.2) is 40.1 Å². The van der Waals surface area contributed by atoms with Crippen molar-refractivity contribution in [2.45, 2.75) is 19.4 Å². The Morgan fingerprint density at radius 3 is 2.54 bits per heavy atom. The Labute approximate surface area is 161 Å². The van der Waals surface area contributed by atoms with E-state index in [0.29, 0.717) is 35.4 Å². The Morgan fingerprint density at radius 1 is 1.04 bits per heavy atom. The van der Waals surface area contributed by atoms with Crippen LogP contribution >= 0.6 is 0 Å². The number of para-hydroxylation sites is 1. The molecule has 0 spiro atoms. The maximum atomic E-state index is 13.3. The second-order valence-electron chi connectivity index (χ2n) is 6.82. The highest BCUT2D eigenvalue weighted by atomic mass is 16.5. The molecule has 0 bridgehead atoms. The standard InChI is InChI=1S/C21H21N3O4/c1-28-16-8-6-7-15(13-16)24-20(26)17-9-2-3-10-18(17)23(21(24)27)14-19(25)22-11-4-5-12-22/h2-3,6-10,13H,4-5,11-12,14H2,1H3. The Hall–Kier alpha value is -3.35. The molecule has 1 fully saturated rings. The van der Waals surface area contributed by atoms with E-state index in [1.165, 1.54) is 11.7 Å². The van der Waals surface area contributed by atoms with Crippen molar-refractivity contribution < 1.29 is 9.53 Å². The Bertz CT molecular complexity index is 1160. The minimum Gasteiger partial charge on any atom is -0.497 e. The van der Waals surface area contributed by atoms with Crippen molar-refractivity contribution in [1.29, 1.82) is 0 Å². The molecule has 144 valence electrons. The third kappa shape index (κ3) is 3.09. The Kier molecular flexibility index (Phi) is 4.73. The summed E-state index contributed by atoms with van der Waals surface area (Å²) in [7, 11) is 1.52. The number of fused-ring (bicyclic) bond motifs is 1. The molecule has 7 heteroatoms. The summed E-state index contributed by atoms with van der Waals surface area (Å²) >= 11 is 0. The van der Waals surface area contributed by atoms with Crippen molar-refractivity contribution in [2.24, 2.45) is 0 Å². The molecule has 7 nitrogen and oxygen atoms in total. The highest BCUT2D eigenvalue weighted by Crippen LogP contribution is 2.16. The molecule has 2 aromatic carbocycles. The number of likely N-dealkylation sites (tertiary alicyclic amines) is 1. The molecule has 0 aliphatic carbocycles. The molecule has 0 N–H and O–H groups in total. The van der Waals surface area contributed by atoms with E-state index in [9.17, 15) is 14.4 Å². The van der Waals surface area contributed by atoms with Crippen LogP contribution in [0.5, 0.6) is 5.75 Å². The van der Waals surface area contributed by atoms with Gasteiger partial charge in [-0.15, -0.1) is 0 Å². The molecule has 0 unspecified atom stereocenters. The molecule has 1 amide bonds. The van der Waals surface area contributed by atoms with Crippen LogP contribution < -0.4 is 16.0 Å². The summed E-state index contributed by atoms with van der Waals surface area (Å²) < 4.78 is 7.71. The topological polar surface area (TPSA) is 73.5 Å². The normalized spacial score (nSPS) is 13.8. The van der Waals surface area contributed by atoms with E-state index in [2.05, 4.69) is 0 Å². The zero-order chi connectivity index (χ0) is 19.7. The molecule has 0 atom stereocenters. The maximum absolute atomic E-state index is 13.3. The summed E-state index contributed by atoms with van der Waals surface area (Å²) in [6, 6.07) is 13.6. The molecular formula is C21H21N3O4. The monoisotopic (exact) mass is 379 g/mol. The third-order valence-corrected chi connectivity index (χ3v) is 5.11. The highest BCUT2D eigenvalue weighted by Gasteiger charge is 2.21. The molecule has 3 aromatic rings. The number of amides is 1. The zero-order valence-electron chi connectivity index (χ0n) is 15.6. The smallest absolute Gasteiger partial charge is 0.336 e. The fourth-order valence-corrected chi connectivity index (χ4v) is 3.65. The van der Waals surface area contributed by atoms with Crippen LogP contribution in [0.2, 0.25) is 0 Å². The first-order valence-corrected chi connectivity index (χ1v) is 9.27. The number of methoxy groups -OCH3 is 1. The van der Waals surface area contributed by atoms with E-state index in [-0.39, 0.29) is 12.5 Å². The first-order valence-electron chi connectivity index (χ1n) is 9.27. The first-order chi connectivity index (χ1) is 13.6. The fourth-order valence-electron chi connectivity index (χ4n) is 3.65. The van der Waals surface area contributed by atoms with Gasteiger partial charge < -0.3 is 9.64 Å². The Balaban J connectivity index is 1.92. The van der Waals surface area contributed by atoms with Crippen LogP contribution in [-0.2, 0) is 11.3 Å². The van der Waals surface area contributed by atoms with Crippen molar-refractivity contribution in [2.75, 3.05) is 20.2 Å². The molecule has 1 aliphatic rings. The van der Waals surface area contributed by atoms with Crippen molar-refractivity contribution in [1.82, 2.24) is 14.0 Å². The number of aromatic nitrogens is 2. The van der Waals surface area contributed by atoms with Crippen LogP contribution in [0.25, 0.3) is 16.6 Å². The molecular weight excluding hydrogens is 358 g/mol. The van der Waals surface area contributed by atoms with Gasteiger partial charge in [0, 0.05) is 19.2 Å². The van der Waals surface area contributed by atoms with E-state index >= 15 is 0 Å². The summed E-state index contributed by atoms with van der Waals surface area (Å²) in [4.78, 5) is 40.8. The largest absolute Gasteiger partial charge is 0.497 e. The lowest BCUT2D eigenvalue weighted by molar-refractivity contribution is -0.130. The average molecular weight is 379 g/mol. The van der Waals surface area contributed by atoms with Gasteiger partial charge in [-0.3, -0.25) is 14.2 Å². The van der Waals surface area contributed by atoms with Gasteiger partial charge in [-0.1, -0.05) is 18.2 Å². The number of benzene rings is 2. The number of rotatable bonds is 4. The number of hydrogen-bond donors (Lipinski definition) is 0. The molecule has 1 saturated heterocycles. The van der Waals surface area contributed by atoms with E-state index in [1.54, 1.807) is 53.4 Å². The van der Waals surface area contributed by atoms with Crippen LogP contribution in [0.15, 0.2) is 58.1 Å². The molecule has 1 aliphatic heterocycles. The molecule has 0 radical (unpaired) electrons. The lowest BCUT2D eigenvalue weighted by Gasteiger charge is -2.18. The predicted octanol–water partition coefficient (Wildman–Crippen LogP) is 1.78. The lowest BCUT2D eigenvalue weighted by atomic mass is 10.2. The molecule has 1 aromatic heterocycles. The van der Waals surface area contributed by atoms with E-state index < -0.39 is 11.2 Å². The van der Waals surface area contributed by atoms with Crippen molar-refractivity contribution >= 4 is 16.8 Å². The molecule has 2 heterocycles. The molecule has 28 heavy (non-hydrogen) atoms. The van der Waals surface area contributed by atoms with Crippen LogP contribution in [0.3, 0.4) is 0 Å². The van der Waals surface area contributed by atoms with Crippen LogP contribution in [0.1, 0.15) is 12.8 Å². The van der Waals surface area contributed by atoms with Gasteiger partial charge in [-0.05, 0) is 37.1 Å². The van der Waals surface area contributed by atoms with Crippen molar-refractivity contribution in [3.8, 4) is 11.4 Å². The summed E-state index contributed by atoms with van der Waals surface area (Å²) in [6.45, 7) is 1.33. The highest BCUT2D eigenvalue weighted by molar-refractivity contribution is 5.82. The summed E-state index contributed by atoms with van der Waals surface area (Å²) in [5.74, 6) is 0.428. The van der Waals surface area contributed by atoms with E-state index in [1.807, 2.05) is 0 Å². The second kappa shape index (κ2) is 7.34. The first kappa shape index (κ1) is 18.0. The van der Waals surface area contributed by atoms with Gasteiger partial charge in [0.15, 0.2) is 0 Å². The SMILES string of the molecule is COc1cccc(-n2c(=O)c3ccccc3n(CC(=O)N3CCCC3)c2=O)c1. The predicted molar refractivity (Wildman–Crippen MR) is 106 cm³/mol. The number of hydrogen-bond acceptors (Lipinski definition) is 4. The quantitative estimate of drug-likeness (QED) is 0.693. The number of nitrogens with zero attached hydrogens (tertiary/aromatic N) is 3. The van der Waals surface area contributed by atoms with Crippen molar-refractivity contribution in [3.05, 3.63) is 69.4 Å². The minimum atomic E-state index is -0.537.